The quantitative estimate of drug-likeness (QED) is 0.446. The van der Waals surface area contributed by atoms with E-state index in [9.17, 15) is 24.3 Å². The number of benzene rings is 1. The summed E-state index contributed by atoms with van der Waals surface area (Å²) in [6.07, 6.45) is 0.644. The first-order valence-electron chi connectivity index (χ1n) is 11.4. The van der Waals surface area contributed by atoms with Gasteiger partial charge in [0.1, 0.15) is 17.4 Å². The highest BCUT2D eigenvalue weighted by Gasteiger charge is 2.38. The van der Waals surface area contributed by atoms with Crippen LogP contribution < -0.4 is 4.74 Å². The maximum Gasteiger partial charge on any atom is 0.339 e. The third-order valence-electron chi connectivity index (χ3n) is 4.60. The number of aromatic carboxylic acids is 1. The molecule has 190 valence electrons. The molecular weight excluding hydrogens is 448 g/mol. The number of carbonyl (C=O) groups excluding carboxylic acids is 2. The fourth-order valence-corrected chi connectivity index (χ4v) is 3.00. The van der Waals surface area contributed by atoms with Crippen molar-refractivity contribution in [3.63, 3.8) is 0 Å². The minimum Gasteiger partial charge on any atom is -0.481 e. The fraction of sp³-hybridized carbons (Fsp3) is 0.583. The number of aliphatic carboxylic acids is 1. The summed E-state index contributed by atoms with van der Waals surface area (Å²) in [6.45, 7) is 5.55. The van der Waals surface area contributed by atoms with Crippen LogP contribution in [0.5, 0.6) is 5.75 Å². The molecule has 1 heterocycles. The van der Waals surface area contributed by atoms with Gasteiger partial charge in [-0.1, -0.05) is 32.9 Å². The zero-order valence-electron chi connectivity index (χ0n) is 19.9. The lowest BCUT2D eigenvalue weighted by molar-refractivity contribution is -0.212. The van der Waals surface area contributed by atoms with E-state index in [0.29, 0.717) is 19.3 Å². The van der Waals surface area contributed by atoms with E-state index in [4.69, 9.17) is 24.1 Å². The predicted octanol–water partition coefficient (Wildman–Crippen LogP) is 3.80. The zero-order chi connectivity index (χ0) is 25.5. The van der Waals surface area contributed by atoms with Crippen LogP contribution in [0.15, 0.2) is 24.3 Å². The Morgan fingerprint density at radius 2 is 1.44 bits per heavy atom. The number of para-hydroxylation sites is 1. The molecule has 1 saturated heterocycles. The lowest BCUT2D eigenvalue weighted by Crippen LogP contribution is -2.47. The Kier molecular flexibility index (Phi) is 13.3. The van der Waals surface area contributed by atoms with E-state index < -0.39 is 36.4 Å². The summed E-state index contributed by atoms with van der Waals surface area (Å²) >= 11 is 0. The van der Waals surface area contributed by atoms with Gasteiger partial charge in [-0.25, -0.2) is 4.79 Å². The molecule has 3 atom stereocenters. The molecule has 2 rings (SSSR count). The number of carboxylic acid groups (broad SMARTS) is 2. The topological polar surface area (TPSA) is 146 Å². The third kappa shape index (κ3) is 10.7. The number of ether oxygens (including phenoxy) is 4. The van der Waals surface area contributed by atoms with Crippen LogP contribution in [0.3, 0.4) is 0 Å². The molecule has 10 heteroatoms. The Morgan fingerprint density at radius 1 is 0.882 bits per heavy atom. The summed E-state index contributed by atoms with van der Waals surface area (Å²) in [5.41, 5.74) is 0.00197. The monoisotopic (exact) mass is 482 g/mol. The average molecular weight is 483 g/mol. The molecule has 1 unspecified atom stereocenters. The van der Waals surface area contributed by atoms with Crippen LogP contribution in [0.1, 0.15) is 76.1 Å². The van der Waals surface area contributed by atoms with Crippen molar-refractivity contribution < 1.29 is 48.3 Å². The molecule has 1 fully saturated rings. The Balaban J connectivity index is 0.000000852. The van der Waals surface area contributed by atoms with E-state index >= 15 is 0 Å². The smallest absolute Gasteiger partial charge is 0.339 e. The molecule has 1 aliphatic heterocycles. The van der Waals surface area contributed by atoms with Crippen LogP contribution in [0, 0.1) is 0 Å². The molecule has 10 nitrogen and oxygen atoms in total. The molecule has 0 aliphatic carbocycles. The highest BCUT2D eigenvalue weighted by Crippen LogP contribution is 2.26. The second kappa shape index (κ2) is 15.7. The van der Waals surface area contributed by atoms with Crippen LogP contribution in [0.25, 0.3) is 0 Å². The van der Waals surface area contributed by atoms with E-state index in [1.54, 1.807) is 12.1 Å². The maximum absolute atomic E-state index is 12.0. The van der Waals surface area contributed by atoms with Gasteiger partial charge in [-0.2, -0.15) is 0 Å². The minimum absolute atomic E-state index is 0.00197. The van der Waals surface area contributed by atoms with Gasteiger partial charge in [0.15, 0.2) is 6.10 Å². The van der Waals surface area contributed by atoms with E-state index in [1.165, 1.54) is 12.1 Å². The minimum atomic E-state index is -1.12. The molecule has 1 aliphatic rings. The van der Waals surface area contributed by atoms with E-state index in [1.807, 2.05) is 20.8 Å². The van der Waals surface area contributed by atoms with Crippen molar-refractivity contribution in [2.24, 2.45) is 0 Å². The summed E-state index contributed by atoms with van der Waals surface area (Å²) in [5, 5.41) is 17.2. The lowest BCUT2D eigenvalue weighted by atomic mass is 10.1. The number of rotatable bonds is 11. The first-order chi connectivity index (χ1) is 16.2. The molecule has 1 aromatic rings. The Morgan fingerprint density at radius 3 is 1.94 bits per heavy atom. The number of hydrogen-bond donors (Lipinski definition) is 2. The molecule has 0 spiro atoms. The summed E-state index contributed by atoms with van der Waals surface area (Å²) in [4.78, 5) is 44.7. The van der Waals surface area contributed by atoms with Crippen molar-refractivity contribution in [2.45, 2.75) is 84.2 Å². The summed E-state index contributed by atoms with van der Waals surface area (Å²) in [5.74, 6) is -2.46. The molecule has 0 saturated carbocycles. The van der Waals surface area contributed by atoms with Gasteiger partial charge in [0.05, 0.1) is 13.0 Å². The van der Waals surface area contributed by atoms with Crippen LogP contribution >= 0.6 is 0 Å². The van der Waals surface area contributed by atoms with Crippen molar-refractivity contribution >= 4 is 23.9 Å². The van der Waals surface area contributed by atoms with E-state index in [-0.39, 0.29) is 43.2 Å². The Labute approximate surface area is 199 Å². The average Bonchev–Trinajstić information content (AvgIpc) is 2.76. The van der Waals surface area contributed by atoms with Crippen molar-refractivity contribution in [3.05, 3.63) is 29.8 Å². The van der Waals surface area contributed by atoms with Gasteiger partial charge in [0, 0.05) is 19.3 Å². The number of carboxylic acids is 2. The maximum atomic E-state index is 12.0. The molecule has 34 heavy (non-hydrogen) atoms. The third-order valence-corrected chi connectivity index (χ3v) is 4.60. The highest BCUT2D eigenvalue weighted by molar-refractivity contribution is 5.90. The summed E-state index contributed by atoms with van der Waals surface area (Å²) in [7, 11) is 0. The molecular formula is C24H34O10. The number of hydrogen-bond acceptors (Lipinski definition) is 8. The van der Waals surface area contributed by atoms with Gasteiger partial charge < -0.3 is 29.2 Å². The molecule has 2 N–H and O–H groups in total. The molecule has 0 amide bonds. The van der Waals surface area contributed by atoms with Gasteiger partial charge in [-0.05, 0) is 31.4 Å². The molecule has 0 radical (unpaired) electrons. The van der Waals surface area contributed by atoms with E-state index in [2.05, 4.69) is 0 Å². The van der Waals surface area contributed by atoms with Gasteiger partial charge in [0.25, 0.3) is 0 Å². The molecule has 1 aromatic carbocycles. The van der Waals surface area contributed by atoms with Crippen molar-refractivity contribution in [2.75, 3.05) is 6.61 Å². The van der Waals surface area contributed by atoms with Crippen LogP contribution in [-0.4, -0.2) is 59.2 Å². The molecule has 0 bridgehead atoms. The fourth-order valence-electron chi connectivity index (χ4n) is 3.00. The number of esters is 2. The van der Waals surface area contributed by atoms with Gasteiger partial charge in [0.2, 0.25) is 6.29 Å². The Hall–Kier alpha value is -3.14. The van der Waals surface area contributed by atoms with Crippen LogP contribution in [-0.2, 0) is 28.6 Å². The first kappa shape index (κ1) is 28.9. The molecule has 0 aromatic heterocycles. The normalized spacial score (nSPS) is 19.2. The lowest BCUT2D eigenvalue weighted by Gasteiger charge is -2.35. The highest BCUT2D eigenvalue weighted by atomic mass is 16.7. The largest absolute Gasteiger partial charge is 0.481 e. The standard InChI is InChI=1S/C20H26O8.C4H8O2/c1-3-7-17(21)26-15-11-19(25-12-16(15)27-18(22)8-4-2)28-14-10-6-5-9-13(14)20(23)24;1-2-3-4(5)6/h5-6,9-10,15-16,19H,3-4,7-8,11-12H2,1-2H3,(H,23,24);2-3H2,1H3,(H,5,6)/t15?,16-,19-;/m1./s1. The van der Waals surface area contributed by atoms with Crippen LogP contribution in [0.4, 0.5) is 0 Å². The van der Waals surface area contributed by atoms with Gasteiger partial charge in [-0.15, -0.1) is 0 Å². The predicted molar refractivity (Wildman–Crippen MR) is 121 cm³/mol. The SMILES string of the molecule is CCCC(=O)O.CCCC(=O)OC1C[C@@H](Oc2ccccc2C(=O)O)OC[C@H]1OC(=O)CCC. The second-order valence-corrected chi connectivity index (χ2v) is 7.62. The van der Waals surface area contributed by atoms with Crippen LogP contribution in [0.2, 0.25) is 0 Å². The second-order valence-electron chi connectivity index (χ2n) is 7.62. The summed E-state index contributed by atoms with van der Waals surface area (Å²) in [6, 6.07) is 6.20. The van der Waals surface area contributed by atoms with Gasteiger partial charge in [-0.3, -0.25) is 14.4 Å². The zero-order valence-corrected chi connectivity index (χ0v) is 19.9. The van der Waals surface area contributed by atoms with Crippen molar-refractivity contribution in [3.8, 4) is 5.75 Å². The van der Waals surface area contributed by atoms with E-state index in [0.717, 1.165) is 6.42 Å². The number of carbonyl (C=O) groups is 4. The van der Waals surface area contributed by atoms with Gasteiger partial charge >= 0.3 is 23.9 Å². The van der Waals surface area contributed by atoms with Crippen molar-refractivity contribution in [1.82, 2.24) is 0 Å². The first-order valence-corrected chi connectivity index (χ1v) is 11.4. The van der Waals surface area contributed by atoms with Crippen molar-refractivity contribution in [1.29, 1.82) is 0 Å². The Bertz CT molecular complexity index is 807. The summed E-state index contributed by atoms with van der Waals surface area (Å²) < 4.78 is 22.2.